The largest absolute Gasteiger partial charge is 0.462 e. The number of carbonyl (C=O) groups is 1. The first-order valence-corrected chi connectivity index (χ1v) is 8.78. The van der Waals surface area contributed by atoms with Gasteiger partial charge < -0.3 is 14.4 Å². The standard InChI is InChI=1S/C16H21N5O2S/c1-5-23-16(22)14(10-17)12-19-24(4)20-18-11-13-6-8-15(9-7-13)21(2)3/h6-9,11-12H,5H2,1-4H3,(H,19,20)/b14-12-,18-11+. The molecular formula is C16H21N5O2S. The number of hydrogen-bond acceptors (Lipinski definition) is 5. The molecule has 0 aliphatic heterocycles. The second kappa shape index (κ2) is 10.2. The van der Waals surface area contributed by atoms with Crippen LogP contribution in [0, 0.1) is 11.3 Å². The third-order valence-electron chi connectivity index (χ3n) is 2.78. The van der Waals surface area contributed by atoms with E-state index in [0.29, 0.717) is 0 Å². The summed E-state index contributed by atoms with van der Waals surface area (Å²) in [5, 5.41) is 12.9. The van der Waals surface area contributed by atoms with Gasteiger partial charge in [-0.3, -0.25) is 0 Å². The fourth-order valence-corrected chi connectivity index (χ4v) is 2.06. The van der Waals surface area contributed by atoms with Crippen LogP contribution in [0.25, 0.3) is 0 Å². The van der Waals surface area contributed by atoms with Gasteiger partial charge in [0.25, 0.3) is 0 Å². The van der Waals surface area contributed by atoms with Crippen LogP contribution < -0.4 is 9.62 Å². The first kappa shape index (κ1) is 19.4. The van der Waals surface area contributed by atoms with Gasteiger partial charge in [-0.05, 0) is 24.6 Å². The number of carbonyl (C=O) groups excluding carboxylic acids is 1. The first-order chi connectivity index (χ1) is 11.5. The van der Waals surface area contributed by atoms with Crippen molar-refractivity contribution in [2.24, 2.45) is 9.57 Å². The van der Waals surface area contributed by atoms with E-state index in [4.69, 9.17) is 10.00 Å². The molecule has 1 aromatic rings. The Morgan fingerprint density at radius 2 is 2.08 bits per heavy atom. The molecule has 0 aromatic heterocycles. The molecule has 1 rings (SSSR count). The number of benzene rings is 1. The number of esters is 1. The molecule has 8 heteroatoms. The zero-order valence-corrected chi connectivity index (χ0v) is 15.0. The van der Waals surface area contributed by atoms with Crippen molar-refractivity contribution in [3.05, 3.63) is 41.6 Å². The van der Waals surface area contributed by atoms with E-state index < -0.39 is 16.8 Å². The van der Waals surface area contributed by atoms with E-state index in [0.717, 1.165) is 11.3 Å². The molecule has 1 unspecified atom stereocenters. The number of nitrogens with one attached hydrogen (secondary N) is 1. The molecule has 0 aliphatic carbocycles. The smallest absolute Gasteiger partial charge is 0.350 e. The number of rotatable bonds is 7. The monoisotopic (exact) mass is 347 g/mol. The number of hydrogen-bond donors (Lipinski definition) is 1. The summed E-state index contributed by atoms with van der Waals surface area (Å²) in [6.45, 7) is 1.90. The van der Waals surface area contributed by atoms with Gasteiger partial charge >= 0.3 is 5.97 Å². The van der Waals surface area contributed by atoms with Crippen molar-refractivity contribution in [1.82, 2.24) is 4.72 Å². The van der Waals surface area contributed by atoms with Gasteiger partial charge in [-0.25, -0.2) is 4.79 Å². The lowest BCUT2D eigenvalue weighted by Crippen LogP contribution is -2.13. The summed E-state index contributed by atoms with van der Waals surface area (Å²) in [6, 6.07) is 9.66. The van der Waals surface area contributed by atoms with Gasteiger partial charge in [-0.2, -0.15) is 10.4 Å². The Morgan fingerprint density at radius 3 is 2.62 bits per heavy atom. The Hall–Kier alpha value is -2.66. The maximum absolute atomic E-state index is 11.4. The van der Waals surface area contributed by atoms with E-state index >= 15 is 0 Å². The molecule has 0 saturated carbocycles. The molecule has 0 bridgehead atoms. The van der Waals surface area contributed by atoms with E-state index in [2.05, 4.69) is 14.3 Å². The summed E-state index contributed by atoms with van der Waals surface area (Å²) in [4.78, 5) is 13.5. The van der Waals surface area contributed by atoms with E-state index in [1.807, 2.05) is 43.3 Å². The van der Waals surface area contributed by atoms with Crippen LogP contribution in [0.5, 0.6) is 0 Å². The zero-order valence-electron chi connectivity index (χ0n) is 14.2. The minimum atomic E-state index is -0.664. The van der Waals surface area contributed by atoms with Gasteiger partial charge in [0.1, 0.15) is 6.07 Å². The molecule has 24 heavy (non-hydrogen) atoms. The van der Waals surface area contributed by atoms with Crippen molar-refractivity contribution in [3.63, 3.8) is 0 Å². The van der Waals surface area contributed by atoms with Crippen molar-refractivity contribution >= 4 is 28.7 Å². The Kier molecular flexibility index (Phi) is 8.22. The molecule has 1 aromatic carbocycles. The maximum Gasteiger partial charge on any atom is 0.350 e. The van der Waals surface area contributed by atoms with Crippen molar-refractivity contribution in [1.29, 1.82) is 5.26 Å². The highest BCUT2D eigenvalue weighted by Gasteiger charge is 2.08. The quantitative estimate of drug-likeness (QED) is 0.268. The number of ether oxygens (including phenoxy) is 1. The van der Waals surface area contributed by atoms with Crippen LogP contribution >= 0.6 is 0 Å². The highest BCUT2D eigenvalue weighted by atomic mass is 32.2. The predicted octanol–water partition coefficient (Wildman–Crippen LogP) is 1.99. The van der Waals surface area contributed by atoms with Gasteiger partial charge in [0, 0.05) is 43.1 Å². The van der Waals surface area contributed by atoms with E-state index in [1.54, 1.807) is 25.5 Å². The zero-order chi connectivity index (χ0) is 17.9. The van der Waals surface area contributed by atoms with Gasteiger partial charge in [0.05, 0.1) is 12.8 Å². The average molecular weight is 347 g/mol. The molecule has 1 N–H and O–H groups in total. The lowest BCUT2D eigenvalue weighted by atomic mass is 10.2. The van der Waals surface area contributed by atoms with Crippen molar-refractivity contribution in [2.75, 3.05) is 31.9 Å². The summed E-state index contributed by atoms with van der Waals surface area (Å²) >= 11 is 0. The van der Waals surface area contributed by atoms with Crippen molar-refractivity contribution in [3.8, 4) is 6.07 Å². The Bertz CT molecular complexity index is 687. The summed E-state index contributed by atoms with van der Waals surface area (Å²) in [6.07, 6.45) is 4.72. The first-order valence-electron chi connectivity index (χ1n) is 7.19. The van der Waals surface area contributed by atoms with E-state index in [9.17, 15) is 4.79 Å². The third-order valence-corrected chi connectivity index (χ3v) is 3.57. The SMILES string of the molecule is CCOC(=O)/C(C#N)=C\N/S(C)=N/N=C/c1ccc(N(C)C)cc1. The van der Waals surface area contributed by atoms with Crippen LogP contribution in [-0.4, -0.2) is 39.1 Å². The topological polar surface area (TPSA) is 90.1 Å². The fourth-order valence-electron chi connectivity index (χ4n) is 1.53. The Balaban J connectivity index is 2.66. The predicted molar refractivity (Wildman–Crippen MR) is 97.5 cm³/mol. The van der Waals surface area contributed by atoms with Gasteiger partial charge in [0.15, 0.2) is 5.57 Å². The second-order valence-electron chi connectivity index (χ2n) is 4.80. The molecule has 0 spiro atoms. The molecule has 0 radical (unpaired) electrons. The minimum absolute atomic E-state index is 0.102. The molecular weight excluding hydrogens is 326 g/mol. The van der Waals surface area contributed by atoms with E-state index in [1.165, 1.54) is 6.20 Å². The fraction of sp³-hybridized carbons (Fsp3) is 0.312. The van der Waals surface area contributed by atoms with Gasteiger partial charge in [0.2, 0.25) is 0 Å². The summed E-state index contributed by atoms with van der Waals surface area (Å²) < 4.78 is 11.7. The third kappa shape index (κ3) is 6.62. The molecule has 7 nitrogen and oxygen atoms in total. The molecule has 0 fully saturated rings. The molecule has 128 valence electrons. The highest BCUT2D eigenvalue weighted by Crippen LogP contribution is 2.10. The summed E-state index contributed by atoms with van der Waals surface area (Å²) in [5.41, 5.74) is 1.94. The number of nitrogens with zero attached hydrogens (tertiary/aromatic N) is 4. The van der Waals surface area contributed by atoms with Crippen LogP contribution in [0.15, 0.2) is 45.6 Å². The minimum Gasteiger partial charge on any atom is -0.462 e. The Labute approximate surface area is 144 Å². The summed E-state index contributed by atoms with van der Waals surface area (Å²) in [5.74, 6) is -0.658. The molecule has 0 saturated heterocycles. The molecule has 0 amide bonds. The van der Waals surface area contributed by atoms with Crippen LogP contribution in [-0.2, 0) is 20.4 Å². The normalized spacial score (nSPS) is 12.7. The number of anilines is 1. The highest BCUT2D eigenvalue weighted by molar-refractivity contribution is 7.84. The van der Waals surface area contributed by atoms with E-state index in [-0.39, 0.29) is 12.2 Å². The molecule has 0 aliphatic rings. The van der Waals surface area contributed by atoms with Gasteiger partial charge in [-0.15, -0.1) is 4.47 Å². The Morgan fingerprint density at radius 1 is 1.42 bits per heavy atom. The van der Waals surface area contributed by atoms with Gasteiger partial charge in [-0.1, -0.05) is 12.1 Å². The van der Waals surface area contributed by atoms with Crippen LogP contribution in [0.3, 0.4) is 0 Å². The van der Waals surface area contributed by atoms with Crippen molar-refractivity contribution in [2.45, 2.75) is 6.92 Å². The lowest BCUT2D eigenvalue weighted by molar-refractivity contribution is -0.138. The van der Waals surface area contributed by atoms with Crippen LogP contribution in [0.2, 0.25) is 0 Å². The number of nitriles is 1. The maximum atomic E-state index is 11.4. The second-order valence-corrected chi connectivity index (χ2v) is 6.15. The lowest BCUT2D eigenvalue weighted by Gasteiger charge is -2.11. The summed E-state index contributed by atoms with van der Waals surface area (Å²) in [7, 11) is 3.29. The molecule has 0 heterocycles. The molecule has 1 atom stereocenters. The van der Waals surface area contributed by atoms with Crippen LogP contribution in [0.4, 0.5) is 5.69 Å². The van der Waals surface area contributed by atoms with Crippen LogP contribution in [0.1, 0.15) is 12.5 Å². The average Bonchev–Trinajstić information content (AvgIpc) is 2.56. The van der Waals surface area contributed by atoms with Crippen molar-refractivity contribution < 1.29 is 9.53 Å².